The zero-order valence-electron chi connectivity index (χ0n) is 11.1. The van der Waals surface area contributed by atoms with E-state index in [1.165, 1.54) is 11.3 Å². The summed E-state index contributed by atoms with van der Waals surface area (Å²) in [5.41, 5.74) is 0.761. The molecule has 1 N–H and O–H groups in total. The smallest absolute Gasteiger partial charge is 0.314 e. The fourth-order valence-electron chi connectivity index (χ4n) is 2.68. The van der Waals surface area contributed by atoms with Gasteiger partial charge in [-0.15, -0.1) is 11.3 Å². The maximum atomic E-state index is 12.0. The summed E-state index contributed by atoms with van der Waals surface area (Å²) in [5.74, 6) is -0.129. The highest BCUT2D eigenvalue weighted by molar-refractivity contribution is 7.09. The Morgan fingerprint density at radius 2 is 2.30 bits per heavy atom. The number of fused-ring (bicyclic) bond motifs is 1. The van der Waals surface area contributed by atoms with Crippen LogP contribution in [0.1, 0.15) is 22.7 Å². The Morgan fingerprint density at radius 1 is 1.50 bits per heavy atom. The molecule has 0 aliphatic carbocycles. The first-order valence-corrected chi connectivity index (χ1v) is 7.36. The number of carboxylic acids is 1. The van der Waals surface area contributed by atoms with Crippen LogP contribution in [0.4, 0.5) is 0 Å². The predicted molar refractivity (Wildman–Crippen MR) is 76.4 cm³/mol. The number of carboxylic acid groups (broad SMARTS) is 1. The first-order chi connectivity index (χ1) is 9.62. The Hall–Kier alpha value is -1.88. The fraction of sp³-hybridized carbons (Fsp3) is 0.333. The van der Waals surface area contributed by atoms with Gasteiger partial charge in [0.05, 0.1) is 11.6 Å². The van der Waals surface area contributed by atoms with Crippen molar-refractivity contribution in [2.75, 3.05) is 6.61 Å². The van der Waals surface area contributed by atoms with Crippen LogP contribution in [0.3, 0.4) is 0 Å². The highest BCUT2D eigenvalue weighted by atomic mass is 32.1. The molecule has 1 aliphatic rings. The Kier molecular flexibility index (Phi) is 3.22. The molecule has 0 saturated carbocycles. The Balaban J connectivity index is 2.07. The van der Waals surface area contributed by atoms with E-state index in [0.717, 1.165) is 16.3 Å². The molecule has 1 aromatic carbocycles. The summed E-state index contributed by atoms with van der Waals surface area (Å²) in [6.07, 6.45) is 0.888. The summed E-state index contributed by atoms with van der Waals surface area (Å²) in [4.78, 5) is 16.4. The van der Waals surface area contributed by atoms with Gasteiger partial charge in [-0.25, -0.2) is 4.98 Å². The van der Waals surface area contributed by atoms with Crippen LogP contribution in [0.2, 0.25) is 0 Å². The van der Waals surface area contributed by atoms with Crippen molar-refractivity contribution >= 4 is 17.3 Å². The topological polar surface area (TPSA) is 59.4 Å². The number of hydrogen-bond acceptors (Lipinski definition) is 4. The molecule has 3 rings (SSSR count). The first kappa shape index (κ1) is 13.1. The van der Waals surface area contributed by atoms with Crippen LogP contribution in [0.15, 0.2) is 29.6 Å². The molecule has 2 aromatic rings. The van der Waals surface area contributed by atoms with Crippen LogP contribution in [0.25, 0.3) is 0 Å². The van der Waals surface area contributed by atoms with Gasteiger partial charge >= 0.3 is 5.97 Å². The van der Waals surface area contributed by atoms with Gasteiger partial charge in [-0.1, -0.05) is 18.2 Å². The molecule has 1 aliphatic heterocycles. The molecular weight excluding hydrogens is 274 g/mol. The van der Waals surface area contributed by atoms with E-state index in [0.29, 0.717) is 25.2 Å². The number of benzene rings is 1. The van der Waals surface area contributed by atoms with Crippen LogP contribution in [-0.2, 0) is 16.6 Å². The van der Waals surface area contributed by atoms with Gasteiger partial charge in [0.2, 0.25) is 0 Å². The molecule has 0 amide bonds. The number of aryl methyl sites for hydroxylation is 1. The number of thiazole rings is 1. The monoisotopic (exact) mass is 289 g/mol. The lowest BCUT2D eigenvalue weighted by Gasteiger charge is -2.34. The standard InChI is InChI=1S/C15H15NO3S/c1-10-9-20-13(16-10)8-15(14(17)18)6-7-19-12-5-3-2-4-11(12)15/h2-5,9H,6-8H2,1H3,(H,17,18). The summed E-state index contributed by atoms with van der Waals surface area (Å²) < 4.78 is 5.59. The van der Waals surface area contributed by atoms with Gasteiger partial charge in [-0.05, 0) is 13.0 Å². The minimum Gasteiger partial charge on any atom is -0.493 e. The second-order valence-electron chi connectivity index (χ2n) is 5.04. The average molecular weight is 289 g/mol. The fourth-order valence-corrected chi connectivity index (χ4v) is 3.57. The molecule has 20 heavy (non-hydrogen) atoms. The van der Waals surface area contributed by atoms with Crippen molar-refractivity contribution in [1.82, 2.24) is 4.98 Å². The van der Waals surface area contributed by atoms with Crippen LogP contribution >= 0.6 is 11.3 Å². The Bertz CT molecular complexity index is 652. The number of carbonyl (C=O) groups is 1. The summed E-state index contributed by atoms with van der Waals surface area (Å²) in [6.45, 7) is 2.35. The van der Waals surface area contributed by atoms with Gasteiger partial charge in [0, 0.05) is 29.5 Å². The van der Waals surface area contributed by atoms with Gasteiger partial charge in [0.15, 0.2) is 0 Å². The molecular formula is C15H15NO3S. The lowest BCUT2D eigenvalue weighted by Crippen LogP contribution is -2.42. The van der Waals surface area contributed by atoms with E-state index < -0.39 is 11.4 Å². The molecule has 1 unspecified atom stereocenters. The number of rotatable bonds is 3. The van der Waals surface area contributed by atoms with E-state index in [1.807, 2.05) is 36.6 Å². The number of aliphatic carboxylic acids is 1. The van der Waals surface area contributed by atoms with Crippen molar-refractivity contribution in [2.24, 2.45) is 0 Å². The third-order valence-electron chi connectivity index (χ3n) is 3.72. The molecule has 0 radical (unpaired) electrons. The molecule has 0 fully saturated rings. The van der Waals surface area contributed by atoms with E-state index in [4.69, 9.17) is 4.74 Å². The van der Waals surface area contributed by atoms with Crippen LogP contribution in [0.5, 0.6) is 5.75 Å². The minimum absolute atomic E-state index is 0.418. The normalized spacial score (nSPS) is 21.1. The molecule has 1 aromatic heterocycles. The average Bonchev–Trinajstić information content (AvgIpc) is 2.84. The number of hydrogen-bond donors (Lipinski definition) is 1. The van der Waals surface area contributed by atoms with Gasteiger partial charge < -0.3 is 9.84 Å². The van der Waals surface area contributed by atoms with Crippen LogP contribution < -0.4 is 4.74 Å². The second-order valence-corrected chi connectivity index (χ2v) is 5.98. The lowest BCUT2D eigenvalue weighted by atomic mass is 9.73. The van der Waals surface area contributed by atoms with Crippen molar-refractivity contribution < 1.29 is 14.6 Å². The van der Waals surface area contributed by atoms with Crippen LogP contribution in [-0.4, -0.2) is 22.7 Å². The SMILES string of the molecule is Cc1csc(CC2(C(=O)O)CCOc3ccccc32)n1. The third-order valence-corrected chi connectivity index (χ3v) is 4.68. The van der Waals surface area contributed by atoms with E-state index in [2.05, 4.69) is 4.98 Å². The Labute approximate surface area is 121 Å². The number of nitrogens with zero attached hydrogens (tertiary/aromatic N) is 1. The quantitative estimate of drug-likeness (QED) is 0.944. The van der Waals surface area contributed by atoms with E-state index in [9.17, 15) is 9.90 Å². The van der Waals surface area contributed by atoms with Gasteiger partial charge in [0.25, 0.3) is 0 Å². The molecule has 0 saturated heterocycles. The maximum Gasteiger partial charge on any atom is 0.314 e. The molecule has 104 valence electrons. The highest BCUT2D eigenvalue weighted by Crippen LogP contribution is 2.41. The zero-order valence-corrected chi connectivity index (χ0v) is 11.9. The third kappa shape index (κ3) is 2.08. The highest BCUT2D eigenvalue weighted by Gasteiger charge is 2.45. The van der Waals surface area contributed by atoms with Crippen molar-refractivity contribution in [1.29, 1.82) is 0 Å². The molecule has 0 bridgehead atoms. The van der Waals surface area contributed by atoms with Crippen molar-refractivity contribution in [3.63, 3.8) is 0 Å². The molecule has 0 spiro atoms. The zero-order chi connectivity index (χ0) is 14.2. The largest absolute Gasteiger partial charge is 0.493 e. The predicted octanol–water partition coefficient (Wildman–Crippen LogP) is 2.80. The Morgan fingerprint density at radius 3 is 3.00 bits per heavy atom. The first-order valence-electron chi connectivity index (χ1n) is 6.48. The summed E-state index contributed by atoms with van der Waals surface area (Å²) in [6, 6.07) is 7.41. The number of ether oxygens (including phenoxy) is 1. The van der Waals surface area contributed by atoms with Crippen LogP contribution in [0, 0.1) is 6.92 Å². The van der Waals surface area contributed by atoms with Crippen molar-refractivity contribution in [3.05, 3.63) is 45.9 Å². The van der Waals surface area contributed by atoms with Crippen molar-refractivity contribution in [3.8, 4) is 5.75 Å². The van der Waals surface area contributed by atoms with Gasteiger partial charge in [-0.3, -0.25) is 4.79 Å². The minimum atomic E-state index is -0.931. The molecule has 4 nitrogen and oxygen atoms in total. The molecule has 1 atom stereocenters. The maximum absolute atomic E-state index is 12.0. The van der Waals surface area contributed by atoms with E-state index >= 15 is 0 Å². The number of para-hydroxylation sites is 1. The van der Waals surface area contributed by atoms with Gasteiger partial charge in [0.1, 0.15) is 11.2 Å². The molecule has 5 heteroatoms. The second kappa shape index (κ2) is 4.90. The summed E-state index contributed by atoms with van der Waals surface area (Å²) >= 11 is 1.52. The van der Waals surface area contributed by atoms with Crippen molar-refractivity contribution in [2.45, 2.75) is 25.2 Å². The van der Waals surface area contributed by atoms with Gasteiger partial charge in [-0.2, -0.15) is 0 Å². The summed E-state index contributed by atoms with van der Waals surface area (Å²) in [7, 11) is 0. The molecule has 2 heterocycles. The van der Waals surface area contributed by atoms with E-state index in [1.54, 1.807) is 0 Å². The lowest BCUT2D eigenvalue weighted by molar-refractivity contribution is -0.145. The summed E-state index contributed by atoms with van der Waals surface area (Å²) in [5, 5.41) is 12.6. The van der Waals surface area contributed by atoms with E-state index in [-0.39, 0.29) is 0 Å². The number of aromatic nitrogens is 1.